The van der Waals surface area contributed by atoms with Gasteiger partial charge in [0.15, 0.2) is 9.84 Å². The Labute approximate surface area is 122 Å². The molecule has 1 unspecified atom stereocenters. The summed E-state index contributed by atoms with van der Waals surface area (Å²) in [6.45, 7) is 6.31. The van der Waals surface area contributed by atoms with Crippen LogP contribution in [0.1, 0.15) is 19.8 Å². The van der Waals surface area contributed by atoms with Crippen LogP contribution in [0.4, 0.5) is 5.69 Å². The zero-order valence-corrected chi connectivity index (χ0v) is 13.1. The maximum Gasteiger partial charge on any atom is 0.175 e. The number of nitrogens with zero attached hydrogens (tertiary/aromatic N) is 1. The highest BCUT2D eigenvalue weighted by molar-refractivity contribution is 7.90. The number of rotatable bonds is 5. The Morgan fingerprint density at radius 2 is 2.00 bits per heavy atom. The molecule has 0 bridgehead atoms. The van der Waals surface area contributed by atoms with Crippen LogP contribution in [0.15, 0.2) is 29.2 Å². The lowest BCUT2D eigenvalue weighted by atomic mass is 9.97. The number of anilines is 1. The van der Waals surface area contributed by atoms with Gasteiger partial charge in [-0.15, -0.1) is 0 Å². The van der Waals surface area contributed by atoms with Crippen molar-refractivity contribution in [1.29, 1.82) is 0 Å². The maximum atomic E-state index is 11.5. The average Bonchev–Trinajstić information content (AvgIpc) is 2.45. The third kappa shape index (κ3) is 3.96. The largest absolute Gasteiger partial charge is 0.371 e. The Hall–Kier alpha value is -1.07. The topological polar surface area (TPSA) is 49.4 Å². The molecule has 2 rings (SSSR count). The minimum Gasteiger partial charge on any atom is -0.371 e. The number of sulfone groups is 1. The quantitative estimate of drug-likeness (QED) is 0.902. The number of piperidine rings is 1. The Balaban J connectivity index is 2.04. The van der Waals surface area contributed by atoms with Crippen LogP contribution in [-0.4, -0.2) is 40.9 Å². The van der Waals surface area contributed by atoms with Gasteiger partial charge < -0.3 is 10.2 Å². The molecule has 1 aromatic carbocycles. The molecule has 1 aliphatic rings. The summed E-state index contributed by atoms with van der Waals surface area (Å²) in [6.07, 6.45) is 3.71. The fourth-order valence-corrected chi connectivity index (χ4v) is 3.35. The van der Waals surface area contributed by atoms with Crippen molar-refractivity contribution < 1.29 is 8.42 Å². The number of benzene rings is 1. The predicted molar refractivity (Wildman–Crippen MR) is 83.0 cm³/mol. The van der Waals surface area contributed by atoms with Gasteiger partial charge in [-0.3, -0.25) is 0 Å². The first kappa shape index (κ1) is 15.3. The van der Waals surface area contributed by atoms with Crippen molar-refractivity contribution in [2.24, 2.45) is 5.92 Å². The Morgan fingerprint density at radius 1 is 1.30 bits per heavy atom. The second kappa shape index (κ2) is 6.59. The molecule has 20 heavy (non-hydrogen) atoms. The summed E-state index contributed by atoms with van der Waals surface area (Å²) >= 11 is 0. The first-order chi connectivity index (χ1) is 9.50. The van der Waals surface area contributed by atoms with Crippen LogP contribution < -0.4 is 10.2 Å². The third-order valence-electron chi connectivity index (χ3n) is 3.83. The molecular formula is C15H24N2O2S. The van der Waals surface area contributed by atoms with E-state index in [9.17, 15) is 8.42 Å². The molecule has 1 fully saturated rings. The van der Waals surface area contributed by atoms with Crippen molar-refractivity contribution in [1.82, 2.24) is 5.32 Å². The van der Waals surface area contributed by atoms with E-state index < -0.39 is 9.84 Å². The van der Waals surface area contributed by atoms with Crippen LogP contribution in [-0.2, 0) is 9.84 Å². The molecule has 0 spiro atoms. The van der Waals surface area contributed by atoms with Crippen LogP contribution in [0.3, 0.4) is 0 Å². The molecule has 0 amide bonds. The van der Waals surface area contributed by atoms with Crippen molar-refractivity contribution in [3.63, 3.8) is 0 Å². The maximum absolute atomic E-state index is 11.5. The lowest BCUT2D eigenvalue weighted by Gasteiger charge is -2.34. The highest BCUT2D eigenvalue weighted by Crippen LogP contribution is 2.24. The summed E-state index contributed by atoms with van der Waals surface area (Å²) in [5.74, 6) is 0.679. The van der Waals surface area contributed by atoms with E-state index in [0.717, 1.165) is 31.9 Å². The monoisotopic (exact) mass is 296 g/mol. The van der Waals surface area contributed by atoms with E-state index in [1.165, 1.54) is 19.1 Å². The SMILES string of the molecule is CCNCC1CCCN(c2ccc(S(C)(=O)=O)cc2)C1. The Morgan fingerprint density at radius 3 is 2.60 bits per heavy atom. The molecular weight excluding hydrogens is 272 g/mol. The summed E-state index contributed by atoms with van der Waals surface area (Å²) in [7, 11) is -3.10. The lowest BCUT2D eigenvalue weighted by Crippen LogP contribution is -2.39. The second-order valence-corrected chi connectivity index (χ2v) is 7.54. The number of nitrogens with one attached hydrogen (secondary N) is 1. The summed E-state index contributed by atoms with van der Waals surface area (Å²) < 4.78 is 22.9. The van der Waals surface area contributed by atoms with E-state index in [2.05, 4.69) is 17.1 Å². The van der Waals surface area contributed by atoms with Crippen molar-refractivity contribution >= 4 is 15.5 Å². The van der Waals surface area contributed by atoms with E-state index in [1.54, 1.807) is 12.1 Å². The lowest BCUT2D eigenvalue weighted by molar-refractivity contribution is 0.395. The zero-order valence-electron chi connectivity index (χ0n) is 12.3. The first-order valence-corrected chi connectivity index (χ1v) is 9.15. The minimum atomic E-state index is -3.10. The van der Waals surface area contributed by atoms with Crippen LogP contribution in [0.2, 0.25) is 0 Å². The highest BCUT2D eigenvalue weighted by Gasteiger charge is 2.20. The molecule has 1 saturated heterocycles. The normalized spacial score (nSPS) is 20.1. The fraction of sp³-hybridized carbons (Fsp3) is 0.600. The smallest absolute Gasteiger partial charge is 0.175 e. The molecule has 0 aliphatic carbocycles. The molecule has 1 atom stereocenters. The van der Waals surface area contributed by atoms with Crippen molar-refractivity contribution in [3.8, 4) is 0 Å². The summed E-state index contributed by atoms with van der Waals surface area (Å²) in [5, 5.41) is 3.41. The van der Waals surface area contributed by atoms with Crippen molar-refractivity contribution in [3.05, 3.63) is 24.3 Å². The molecule has 0 aromatic heterocycles. The molecule has 112 valence electrons. The van der Waals surface area contributed by atoms with Crippen molar-refractivity contribution in [2.75, 3.05) is 37.3 Å². The minimum absolute atomic E-state index is 0.391. The van der Waals surface area contributed by atoms with Gasteiger partial charge in [0, 0.05) is 25.0 Å². The number of hydrogen-bond donors (Lipinski definition) is 1. The summed E-state index contributed by atoms with van der Waals surface area (Å²) in [4.78, 5) is 2.75. The van der Waals surface area contributed by atoms with Gasteiger partial charge in [0.1, 0.15) is 0 Å². The van der Waals surface area contributed by atoms with Gasteiger partial charge in [0.05, 0.1) is 4.90 Å². The Bertz CT molecular complexity index is 525. The average molecular weight is 296 g/mol. The van der Waals surface area contributed by atoms with Gasteiger partial charge in [-0.05, 0) is 56.1 Å². The van der Waals surface area contributed by atoms with E-state index >= 15 is 0 Å². The third-order valence-corrected chi connectivity index (χ3v) is 4.96. The van der Waals surface area contributed by atoms with Gasteiger partial charge in [0.25, 0.3) is 0 Å². The van der Waals surface area contributed by atoms with Crippen LogP contribution in [0.5, 0.6) is 0 Å². The highest BCUT2D eigenvalue weighted by atomic mass is 32.2. The van der Waals surface area contributed by atoms with Crippen LogP contribution in [0, 0.1) is 5.92 Å². The molecule has 0 radical (unpaired) electrons. The summed E-state index contributed by atoms with van der Waals surface area (Å²) in [6, 6.07) is 7.26. The molecule has 1 aliphatic heterocycles. The molecule has 1 heterocycles. The van der Waals surface area contributed by atoms with E-state index in [1.807, 2.05) is 12.1 Å². The van der Waals surface area contributed by atoms with E-state index in [4.69, 9.17) is 0 Å². The molecule has 1 N–H and O–H groups in total. The first-order valence-electron chi connectivity index (χ1n) is 7.26. The summed E-state index contributed by atoms with van der Waals surface area (Å²) in [5.41, 5.74) is 1.12. The standard InChI is InChI=1S/C15H24N2O2S/c1-3-16-11-13-5-4-10-17(12-13)14-6-8-15(9-7-14)20(2,18)19/h6-9,13,16H,3-5,10-12H2,1-2H3. The van der Waals surface area contributed by atoms with Gasteiger partial charge in [-0.2, -0.15) is 0 Å². The van der Waals surface area contributed by atoms with Gasteiger partial charge in [0.2, 0.25) is 0 Å². The van der Waals surface area contributed by atoms with E-state index in [0.29, 0.717) is 10.8 Å². The number of hydrogen-bond acceptors (Lipinski definition) is 4. The van der Waals surface area contributed by atoms with Gasteiger partial charge in [-0.25, -0.2) is 8.42 Å². The van der Waals surface area contributed by atoms with Gasteiger partial charge in [-0.1, -0.05) is 6.92 Å². The van der Waals surface area contributed by atoms with E-state index in [-0.39, 0.29) is 0 Å². The predicted octanol–water partition coefficient (Wildman–Crippen LogP) is 1.92. The zero-order chi connectivity index (χ0) is 14.6. The van der Waals surface area contributed by atoms with Crippen molar-refractivity contribution in [2.45, 2.75) is 24.7 Å². The van der Waals surface area contributed by atoms with Crippen LogP contribution >= 0.6 is 0 Å². The molecule has 0 saturated carbocycles. The molecule has 5 heteroatoms. The van der Waals surface area contributed by atoms with Crippen LogP contribution in [0.25, 0.3) is 0 Å². The molecule has 4 nitrogen and oxygen atoms in total. The second-order valence-electron chi connectivity index (χ2n) is 5.53. The molecule has 1 aromatic rings. The van der Waals surface area contributed by atoms with Gasteiger partial charge >= 0.3 is 0 Å². The Kier molecular flexibility index (Phi) is 5.05. The fourth-order valence-electron chi connectivity index (χ4n) is 2.72.